The number of piperazine rings is 1. The molecule has 1 aromatic heterocycles. The number of hydrogen-bond acceptors (Lipinski definition) is 7. The summed E-state index contributed by atoms with van der Waals surface area (Å²) in [4.78, 5) is 44.4. The standard InChI is InChI=1S/C27H26F7N5O.C4H4O4/c1-15-12-39(13-16(2)36-15)25-35-11-22(23(37-25)18-4-6-21(28)7-5-18)24(40)38(3)14-17-8-19(26(29,30)31)10-20(9-17)27(32,33)34;5-3(6)1-2-4(7)8/h4-11,15-16,36H,12-14H2,1-3H3;1-2H,(H,5,6)(H,7,8)/b;2-1+/t15-,16+;. The number of carboxylic acids is 2. The lowest BCUT2D eigenvalue weighted by molar-refractivity contribution is -0.143. The predicted octanol–water partition coefficient (Wildman–Crippen LogP) is 5.49. The van der Waals surface area contributed by atoms with Gasteiger partial charge in [0.1, 0.15) is 5.82 Å². The maximum absolute atomic E-state index is 13.6. The van der Waals surface area contributed by atoms with Crippen LogP contribution in [-0.2, 0) is 28.5 Å². The van der Waals surface area contributed by atoms with E-state index in [1.165, 1.54) is 37.5 Å². The molecule has 1 fully saturated rings. The third-order valence-corrected chi connectivity index (χ3v) is 6.75. The van der Waals surface area contributed by atoms with Crippen molar-refractivity contribution >= 4 is 23.8 Å². The van der Waals surface area contributed by atoms with Crippen molar-refractivity contribution in [2.75, 3.05) is 25.0 Å². The van der Waals surface area contributed by atoms with Gasteiger partial charge in [-0.2, -0.15) is 26.3 Å². The first-order chi connectivity index (χ1) is 22.2. The molecule has 10 nitrogen and oxygen atoms in total. The molecule has 17 heteroatoms. The Labute approximate surface area is 269 Å². The van der Waals surface area contributed by atoms with E-state index in [4.69, 9.17) is 10.2 Å². The van der Waals surface area contributed by atoms with Crippen molar-refractivity contribution in [3.63, 3.8) is 0 Å². The number of carboxylic acid groups (broad SMARTS) is 2. The van der Waals surface area contributed by atoms with Gasteiger partial charge in [-0.25, -0.2) is 23.9 Å². The minimum Gasteiger partial charge on any atom is -0.478 e. The van der Waals surface area contributed by atoms with E-state index < -0.39 is 53.7 Å². The van der Waals surface area contributed by atoms with Crippen molar-refractivity contribution in [1.29, 1.82) is 0 Å². The smallest absolute Gasteiger partial charge is 0.416 e. The first-order valence-corrected chi connectivity index (χ1v) is 14.1. The highest BCUT2D eigenvalue weighted by Crippen LogP contribution is 2.36. The van der Waals surface area contributed by atoms with Crippen LogP contribution in [0, 0.1) is 5.82 Å². The lowest BCUT2D eigenvalue weighted by Gasteiger charge is -2.36. The molecule has 48 heavy (non-hydrogen) atoms. The Morgan fingerprint density at radius 1 is 0.917 bits per heavy atom. The molecule has 0 aliphatic carbocycles. The molecule has 3 aromatic rings. The number of amides is 1. The third kappa shape index (κ3) is 10.5. The summed E-state index contributed by atoms with van der Waals surface area (Å²) >= 11 is 0. The lowest BCUT2D eigenvalue weighted by Crippen LogP contribution is -2.54. The van der Waals surface area contributed by atoms with Gasteiger partial charge < -0.3 is 25.3 Å². The highest BCUT2D eigenvalue weighted by Gasteiger charge is 2.37. The number of carbonyl (C=O) groups excluding carboxylic acids is 1. The van der Waals surface area contributed by atoms with E-state index >= 15 is 0 Å². The maximum atomic E-state index is 13.6. The summed E-state index contributed by atoms with van der Waals surface area (Å²) in [6.07, 6.45) is -7.65. The molecule has 3 N–H and O–H groups in total. The molecule has 258 valence electrons. The average molecular weight is 686 g/mol. The number of aromatic nitrogens is 2. The molecule has 1 amide bonds. The van der Waals surface area contributed by atoms with Crippen LogP contribution in [0.1, 0.15) is 40.9 Å². The summed E-state index contributed by atoms with van der Waals surface area (Å²) in [6, 6.07) is 6.65. The van der Waals surface area contributed by atoms with Crippen LogP contribution < -0.4 is 10.2 Å². The maximum Gasteiger partial charge on any atom is 0.416 e. The van der Waals surface area contributed by atoms with Crippen molar-refractivity contribution in [1.82, 2.24) is 20.2 Å². The molecule has 0 saturated carbocycles. The zero-order valence-corrected chi connectivity index (χ0v) is 25.6. The number of aliphatic carboxylic acids is 2. The quantitative estimate of drug-likeness (QED) is 0.218. The van der Waals surface area contributed by atoms with Gasteiger partial charge in [-0.15, -0.1) is 0 Å². The van der Waals surface area contributed by atoms with Crippen molar-refractivity contribution in [2.24, 2.45) is 0 Å². The van der Waals surface area contributed by atoms with Crippen LogP contribution in [0.2, 0.25) is 0 Å². The molecule has 2 atom stereocenters. The zero-order valence-electron chi connectivity index (χ0n) is 25.6. The van der Waals surface area contributed by atoms with Crippen molar-refractivity contribution in [2.45, 2.75) is 44.8 Å². The molecule has 2 heterocycles. The second kappa shape index (κ2) is 15.2. The highest BCUT2D eigenvalue weighted by molar-refractivity contribution is 5.99. The van der Waals surface area contributed by atoms with Crippen LogP contribution in [0.5, 0.6) is 0 Å². The van der Waals surface area contributed by atoms with Gasteiger partial charge in [-0.05, 0) is 61.9 Å². The Kier molecular flexibility index (Phi) is 11.9. The van der Waals surface area contributed by atoms with E-state index in [-0.39, 0.29) is 35.0 Å². The highest BCUT2D eigenvalue weighted by atomic mass is 19.4. The molecule has 0 unspecified atom stereocenters. The molecular formula is C31H30F7N5O5. The van der Waals surface area contributed by atoms with Gasteiger partial charge in [0.25, 0.3) is 5.91 Å². The third-order valence-electron chi connectivity index (χ3n) is 6.75. The van der Waals surface area contributed by atoms with Crippen LogP contribution in [0.3, 0.4) is 0 Å². The van der Waals surface area contributed by atoms with E-state index in [1.54, 1.807) is 0 Å². The zero-order chi connectivity index (χ0) is 36.0. The van der Waals surface area contributed by atoms with E-state index in [0.717, 1.165) is 4.90 Å². The van der Waals surface area contributed by atoms with Crippen molar-refractivity contribution < 1.29 is 55.3 Å². The predicted molar refractivity (Wildman–Crippen MR) is 158 cm³/mol. The number of alkyl halides is 6. The van der Waals surface area contributed by atoms with Crippen LogP contribution in [0.4, 0.5) is 36.7 Å². The number of hydrogen-bond donors (Lipinski definition) is 3. The summed E-state index contributed by atoms with van der Waals surface area (Å²) in [6.45, 7) is 4.60. The largest absolute Gasteiger partial charge is 0.478 e. The molecular weight excluding hydrogens is 655 g/mol. The minimum absolute atomic E-state index is 0.0301. The van der Waals surface area contributed by atoms with Crippen LogP contribution >= 0.6 is 0 Å². The van der Waals surface area contributed by atoms with Gasteiger partial charge in [-0.1, -0.05) is 0 Å². The van der Waals surface area contributed by atoms with Gasteiger partial charge in [0.15, 0.2) is 0 Å². The lowest BCUT2D eigenvalue weighted by atomic mass is 10.0. The van der Waals surface area contributed by atoms with E-state index in [0.29, 0.717) is 48.9 Å². The van der Waals surface area contributed by atoms with Crippen LogP contribution in [0.25, 0.3) is 11.3 Å². The number of nitrogens with zero attached hydrogens (tertiary/aromatic N) is 4. The number of rotatable bonds is 7. The van der Waals surface area contributed by atoms with Gasteiger partial charge >= 0.3 is 24.3 Å². The fraction of sp³-hybridized carbons (Fsp3) is 0.323. The number of anilines is 1. The second-order valence-electron chi connectivity index (χ2n) is 10.9. The SMILES string of the molecule is C[C@@H]1CN(c2ncc(C(=O)N(C)Cc3cc(C(F)(F)F)cc(C(F)(F)F)c3)c(-c3ccc(F)cc3)n2)C[C@H](C)N1.O=C(O)/C=C/C(=O)O. The Balaban J connectivity index is 0.000000694. The monoisotopic (exact) mass is 685 g/mol. The fourth-order valence-electron chi connectivity index (χ4n) is 4.80. The van der Waals surface area contributed by atoms with Gasteiger partial charge in [0.05, 0.1) is 22.4 Å². The van der Waals surface area contributed by atoms with Crippen molar-refractivity contribution in [3.05, 3.63) is 88.9 Å². The summed E-state index contributed by atoms with van der Waals surface area (Å²) in [5.74, 6) is -3.44. The first-order valence-electron chi connectivity index (χ1n) is 14.1. The van der Waals surface area contributed by atoms with Gasteiger partial charge in [0.2, 0.25) is 5.95 Å². The molecule has 1 aliphatic heterocycles. The normalized spacial score (nSPS) is 16.7. The topological polar surface area (TPSA) is 136 Å². The molecule has 1 saturated heterocycles. The Hall–Kier alpha value is -5.06. The Morgan fingerprint density at radius 3 is 1.88 bits per heavy atom. The van der Waals surface area contributed by atoms with E-state index in [1.807, 2.05) is 18.7 Å². The van der Waals surface area contributed by atoms with Crippen molar-refractivity contribution in [3.8, 4) is 11.3 Å². The van der Waals surface area contributed by atoms with Crippen LogP contribution in [-0.4, -0.2) is 75.1 Å². The molecule has 0 radical (unpaired) electrons. The van der Waals surface area contributed by atoms with E-state index in [2.05, 4.69) is 15.3 Å². The van der Waals surface area contributed by atoms with Gasteiger partial charge in [0, 0.05) is 62.7 Å². The average Bonchev–Trinajstić information content (AvgIpc) is 2.98. The number of benzene rings is 2. The minimum atomic E-state index is -5.02. The molecule has 0 bridgehead atoms. The molecule has 0 spiro atoms. The Bertz CT molecular complexity index is 1600. The number of halogens is 7. The van der Waals surface area contributed by atoms with Crippen LogP contribution in [0.15, 0.2) is 60.8 Å². The number of carbonyl (C=O) groups is 3. The summed E-state index contributed by atoms with van der Waals surface area (Å²) in [7, 11) is 1.25. The van der Waals surface area contributed by atoms with E-state index in [9.17, 15) is 45.1 Å². The van der Waals surface area contributed by atoms with Gasteiger partial charge in [-0.3, -0.25) is 4.79 Å². The second-order valence-corrected chi connectivity index (χ2v) is 10.9. The summed E-state index contributed by atoms with van der Waals surface area (Å²) < 4.78 is 93.5. The molecule has 1 aliphatic rings. The fourth-order valence-corrected chi connectivity index (χ4v) is 4.80. The molecule has 4 rings (SSSR count). The molecule has 2 aromatic carbocycles. The summed E-state index contributed by atoms with van der Waals surface area (Å²) in [5.41, 5.74) is -2.81. The number of nitrogens with one attached hydrogen (secondary N) is 1. The first kappa shape index (κ1) is 37.4. The Morgan fingerprint density at radius 2 is 1.42 bits per heavy atom. The summed E-state index contributed by atoms with van der Waals surface area (Å²) in [5, 5.41) is 19.0.